The molecular formula is C21H21N3O3S. The van der Waals surface area contributed by atoms with Crippen molar-refractivity contribution in [2.75, 3.05) is 12.9 Å². The number of hydrogen-bond acceptors (Lipinski definition) is 6. The zero-order valence-corrected chi connectivity index (χ0v) is 16.4. The van der Waals surface area contributed by atoms with Gasteiger partial charge in [0.2, 0.25) is 11.8 Å². The molecule has 0 saturated carbocycles. The molecule has 1 heterocycles. The maximum Gasteiger partial charge on any atom is 0.277 e. The Hall–Kier alpha value is -2.80. The molecule has 4 rings (SSSR count). The van der Waals surface area contributed by atoms with Crippen molar-refractivity contribution in [2.45, 2.75) is 30.5 Å². The van der Waals surface area contributed by atoms with Gasteiger partial charge < -0.3 is 14.5 Å². The van der Waals surface area contributed by atoms with Crippen molar-refractivity contribution in [2.24, 2.45) is 0 Å². The molecule has 1 amide bonds. The van der Waals surface area contributed by atoms with Gasteiger partial charge in [0.1, 0.15) is 5.75 Å². The van der Waals surface area contributed by atoms with E-state index in [1.54, 1.807) is 7.11 Å². The number of fused-ring (bicyclic) bond motifs is 1. The van der Waals surface area contributed by atoms with Crippen molar-refractivity contribution in [3.05, 3.63) is 59.7 Å². The first kappa shape index (κ1) is 18.6. The van der Waals surface area contributed by atoms with Gasteiger partial charge in [0.25, 0.3) is 5.22 Å². The number of ether oxygens (including phenoxy) is 1. The number of rotatable bonds is 6. The van der Waals surface area contributed by atoms with Gasteiger partial charge in [-0.3, -0.25) is 4.79 Å². The lowest BCUT2D eigenvalue weighted by Crippen LogP contribution is -2.39. The van der Waals surface area contributed by atoms with E-state index in [9.17, 15) is 4.79 Å². The number of carbonyl (C=O) groups is 1. The summed E-state index contributed by atoms with van der Waals surface area (Å²) >= 11 is 1.25. The van der Waals surface area contributed by atoms with Gasteiger partial charge in [-0.05, 0) is 54.7 Å². The van der Waals surface area contributed by atoms with Crippen LogP contribution in [0.2, 0.25) is 0 Å². The molecule has 6 nitrogen and oxygen atoms in total. The van der Waals surface area contributed by atoms with E-state index in [1.165, 1.54) is 22.9 Å². The molecule has 3 aromatic rings. The first-order chi connectivity index (χ1) is 13.7. The van der Waals surface area contributed by atoms with Gasteiger partial charge in [0.05, 0.1) is 12.9 Å². The molecule has 0 bridgehead atoms. The first-order valence-electron chi connectivity index (χ1n) is 9.18. The number of aryl methyl sites for hydroxylation is 1. The monoisotopic (exact) mass is 395 g/mol. The SMILES string of the molecule is COc1ccc(-c2nnc(SCC(=O)NC3CCc4ccccc4C3)o2)cc1. The largest absolute Gasteiger partial charge is 0.497 e. The summed E-state index contributed by atoms with van der Waals surface area (Å²) in [5.74, 6) is 1.43. The molecule has 1 aromatic heterocycles. The Kier molecular flexibility index (Phi) is 5.62. The maximum absolute atomic E-state index is 12.3. The number of aromatic nitrogens is 2. The summed E-state index contributed by atoms with van der Waals surface area (Å²) in [7, 11) is 1.62. The van der Waals surface area contributed by atoms with Crippen LogP contribution in [-0.4, -0.2) is 35.0 Å². The molecule has 0 radical (unpaired) electrons. The Balaban J connectivity index is 1.29. The summed E-state index contributed by atoms with van der Waals surface area (Å²) in [6.07, 6.45) is 2.85. The molecule has 1 atom stereocenters. The molecule has 2 aromatic carbocycles. The van der Waals surface area contributed by atoms with Crippen molar-refractivity contribution in [3.63, 3.8) is 0 Å². The first-order valence-corrected chi connectivity index (χ1v) is 10.2. The van der Waals surface area contributed by atoms with Crippen molar-refractivity contribution < 1.29 is 13.9 Å². The molecule has 1 aliphatic rings. The number of hydrogen-bond donors (Lipinski definition) is 1. The molecule has 144 valence electrons. The van der Waals surface area contributed by atoms with E-state index in [0.717, 1.165) is 30.6 Å². The second kappa shape index (κ2) is 8.48. The summed E-state index contributed by atoms with van der Waals surface area (Å²) < 4.78 is 10.8. The van der Waals surface area contributed by atoms with Gasteiger partial charge in [0.15, 0.2) is 0 Å². The molecule has 0 spiro atoms. The third kappa shape index (κ3) is 4.36. The highest BCUT2D eigenvalue weighted by Crippen LogP contribution is 2.25. The fraction of sp³-hybridized carbons (Fsp3) is 0.286. The molecule has 1 N–H and O–H groups in total. The van der Waals surface area contributed by atoms with Crippen LogP contribution >= 0.6 is 11.8 Å². The third-order valence-electron chi connectivity index (χ3n) is 4.78. The Morgan fingerprint density at radius 1 is 1.18 bits per heavy atom. The predicted molar refractivity (Wildman–Crippen MR) is 107 cm³/mol. The van der Waals surface area contributed by atoms with Crippen LogP contribution < -0.4 is 10.1 Å². The summed E-state index contributed by atoms with van der Waals surface area (Å²) in [5.41, 5.74) is 3.53. The normalized spacial score (nSPS) is 15.7. The Bertz CT molecular complexity index is 956. The second-order valence-electron chi connectivity index (χ2n) is 6.67. The van der Waals surface area contributed by atoms with Crippen LogP contribution in [0.5, 0.6) is 5.75 Å². The smallest absolute Gasteiger partial charge is 0.277 e. The Morgan fingerprint density at radius 2 is 1.96 bits per heavy atom. The Labute approximate surface area is 167 Å². The molecule has 0 saturated heterocycles. The lowest BCUT2D eigenvalue weighted by atomic mass is 9.88. The zero-order valence-electron chi connectivity index (χ0n) is 15.6. The van der Waals surface area contributed by atoms with Gasteiger partial charge in [-0.1, -0.05) is 36.0 Å². The highest BCUT2D eigenvalue weighted by atomic mass is 32.2. The summed E-state index contributed by atoms with van der Waals surface area (Å²) in [5, 5.41) is 11.6. The van der Waals surface area contributed by atoms with Crippen LogP contribution in [0, 0.1) is 0 Å². The molecule has 1 unspecified atom stereocenters. The van der Waals surface area contributed by atoms with Crippen LogP contribution in [0.25, 0.3) is 11.5 Å². The highest BCUT2D eigenvalue weighted by Gasteiger charge is 2.20. The topological polar surface area (TPSA) is 77.2 Å². The molecule has 7 heteroatoms. The minimum atomic E-state index is -0.0152. The number of methoxy groups -OCH3 is 1. The van der Waals surface area contributed by atoms with Crippen LogP contribution in [0.1, 0.15) is 17.5 Å². The fourth-order valence-corrected chi connectivity index (χ4v) is 3.91. The van der Waals surface area contributed by atoms with Crippen molar-refractivity contribution in [1.82, 2.24) is 15.5 Å². The van der Waals surface area contributed by atoms with E-state index < -0.39 is 0 Å². The predicted octanol–water partition coefficient (Wildman–Crippen LogP) is 3.51. The van der Waals surface area contributed by atoms with E-state index in [-0.39, 0.29) is 17.7 Å². The standard InChI is InChI=1S/C21H21N3O3S/c1-26-18-10-7-15(8-11-18)20-23-24-21(27-20)28-13-19(25)22-17-9-6-14-4-2-3-5-16(14)12-17/h2-5,7-8,10-11,17H,6,9,12-13H2,1H3,(H,22,25). The summed E-state index contributed by atoms with van der Waals surface area (Å²) in [6, 6.07) is 16.0. The van der Waals surface area contributed by atoms with Crippen LogP contribution in [0.3, 0.4) is 0 Å². The Morgan fingerprint density at radius 3 is 2.75 bits per heavy atom. The third-order valence-corrected chi connectivity index (χ3v) is 5.60. The van der Waals surface area contributed by atoms with E-state index in [4.69, 9.17) is 9.15 Å². The summed E-state index contributed by atoms with van der Waals surface area (Å²) in [4.78, 5) is 12.3. The van der Waals surface area contributed by atoms with Crippen LogP contribution in [0.4, 0.5) is 0 Å². The van der Waals surface area contributed by atoms with Crippen molar-refractivity contribution in [1.29, 1.82) is 0 Å². The zero-order chi connectivity index (χ0) is 19.3. The number of amides is 1. The van der Waals surface area contributed by atoms with E-state index >= 15 is 0 Å². The van der Waals surface area contributed by atoms with Gasteiger partial charge >= 0.3 is 0 Å². The number of benzene rings is 2. The van der Waals surface area contributed by atoms with Gasteiger partial charge in [-0.15, -0.1) is 10.2 Å². The molecule has 28 heavy (non-hydrogen) atoms. The van der Waals surface area contributed by atoms with E-state index in [1.807, 2.05) is 24.3 Å². The number of nitrogens with one attached hydrogen (secondary N) is 1. The lowest BCUT2D eigenvalue weighted by molar-refractivity contribution is -0.119. The van der Waals surface area contributed by atoms with Crippen molar-refractivity contribution >= 4 is 17.7 Å². The molecule has 0 aliphatic heterocycles. The second-order valence-corrected chi connectivity index (χ2v) is 7.59. The lowest BCUT2D eigenvalue weighted by Gasteiger charge is -2.25. The minimum absolute atomic E-state index is 0.0152. The minimum Gasteiger partial charge on any atom is -0.497 e. The van der Waals surface area contributed by atoms with Crippen LogP contribution in [0.15, 0.2) is 58.2 Å². The molecule has 1 aliphatic carbocycles. The highest BCUT2D eigenvalue weighted by molar-refractivity contribution is 7.99. The maximum atomic E-state index is 12.3. The number of carbonyl (C=O) groups excluding carboxylic acids is 1. The quantitative estimate of drug-likeness (QED) is 0.644. The average molecular weight is 395 g/mol. The van der Waals surface area contributed by atoms with Gasteiger partial charge in [-0.25, -0.2) is 0 Å². The van der Waals surface area contributed by atoms with E-state index in [0.29, 0.717) is 11.1 Å². The van der Waals surface area contributed by atoms with Crippen LogP contribution in [-0.2, 0) is 17.6 Å². The van der Waals surface area contributed by atoms with Gasteiger partial charge in [0, 0.05) is 11.6 Å². The fourth-order valence-electron chi connectivity index (χ4n) is 3.34. The summed E-state index contributed by atoms with van der Waals surface area (Å²) in [6.45, 7) is 0. The molecular weight excluding hydrogens is 374 g/mol. The number of nitrogens with zero attached hydrogens (tertiary/aromatic N) is 2. The molecule has 0 fully saturated rings. The average Bonchev–Trinajstić information content (AvgIpc) is 3.21. The van der Waals surface area contributed by atoms with Gasteiger partial charge in [-0.2, -0.15) is 0 Å². The number of thioether (sulfide) groups is 1. The van der Waals surface area contributed by atoms with Crippen molar-refractivity contribution in [3.8, 4) is 17.2 Å². The van der Waals surface area contributed by atoms with E-state index in [2.05, 4.69) is 39.8 Å².